The summed E-state index contributed by atoms with van der Waals surface area (Å²) < 4.78 is 14.0. The Labute approximate surface area is 235 Å². The number of hydrogen-bond donors (Lipinski definition) is 1. The van der Waals surface area contributed by atoms with E-state index in [-0.39, 0.29) is 12.3 Å². The molecule has 204 valence electrons. The molecule has 1 aliphatic rings. The van der Waals surface area contributed by atoms with E-state index in [2.05, 4.69) is 96.3 Å². The van der Waals surface area contributed by atoms with E-state index < -0.39 is 5.54 Å². The molecule has 6 rings (SSSR count). The van der Waals surface area contributed by atoms with Gasteiger partial charge in [-0.05, 0) is 41.2 Å². The van der Waals surface area contributed by atoms with Crippen LogP contribution in [0.4, 0.5) is 5.82 Å². The molecule has 3 heterocycles. The first-order valence-corrected chi connectivity index (χ1v) is 13.9. The summed E-state index contributed by atoms with van der Waals surface area (Å²) in [5.41, 5.74) is 3.89. The average Bonchev–Trinajstić information content (AvgIpc) is 3.57. The van der Waals surface area contributed by atoms with E-state index in [1.165, 1.54) is 0 Å². The van der Waals surface area contributed by atoms with Crippen molar-refractivity contribution in [2.75, 3.05) is 12.4 Å². The number of methoxy groups -OCH3 is 1. The summed E-state index contributed by atoms with van der Waals surface area (Å²) in [6.45, 7) is 6.69. The van der Waals surface area contributed by atoms with Crippen LogP contribution in [0.25, 0.3) is 11.2 Å². The summed E-state index contributed by atoms with van der Waals surface area (Å²) in [5.74, 6) is 2.23. The predicted octanol–water partition coefficient (Wildman–Crippen LogP) is 6.82. The zero-order valence-electron chi connectivity index (χ0n) is 23.4. The highest BCUT2D eigenvalue weighted by atomic mass is 16.5. The van der Waals surface area contributed by atoms with Gasteiger partial charge in [0.25, 0.3) is 0 Å². The zero-order valence-corrected chi connectivity index (χ0v) is 23.4. The van der Waals surface area contributed by atoms with Crippen LogP contribution < -0.4 is 10.1 Å². The molecule has 0 spiro atoms. The minimum absolute atomic E-state index is 0.123. The van der Waals surface area contributed by atoms with Gasteiger partial charge in [0, 0.05) is 5.92 Å². The van der Waals surface area contributed by atoms with Crippen LogP contribution in [0.15, 0.2) is 97.6 Å². The molecule has 4 atom stereocenters. The minimum Gasteiger partial charge on any atom is -0.497 e. The number of fused-ring (bicyclic) bond motifs is 1. The maximum atomic E-state index is 6.49. The van der Waals surface area contributed by atoms with Gasteiger partial charge in [-0.15, -0.1) is 0 Å². The molecule has 3 aromatic carbocycles. The lowest BCUT2D eigenvalue weighted by Crippen LogP contribution is -2.38. The molecule has 7 nitrogen and oxygen atoms in total. The summed E-state index contributed by atoms with van der Waals surface area (Å²) >= 11 is 0. The zero-order chi connectivity index (χ0) is 27.7. The molecule has 1 N–H and O–H groups in total. The van der Waals surface area contributed by atoms with Gasteiger partial charge in [0.1, 0.15) is 23.8 Å². The number of anilines is 1. The van der Waals surface area contributed by atoms with E-state index in [9.17, 15) is 0 Å². The fourth-order valence-corrected chi connectivity index (χ4v) is 6.05. The first kappa shape index (κ1) is 26.0. The maximum absolute atomic E-state index is 6.49. The van der Waals surface area contributed by atoms with Crippen molar-refractivity contribution in [2.24, 2.45) is 11.8 Å². The second kappa shape index (κ2) is 10.7. The molecule has 40 heavy (non-hydrogen) atoms. The van der Waals surface area contributed by atoms with Crippen LogP contribution >= 0.6 is 0 Å². The highest BCUT2D eigenvalue weighted by Crippen LogP contribution is 2.43. The number of nitrogens with zero attached hydrogens (tertiary/aromatic N) is 4. The largest absolute Gasteiger partial charge is 0.497 e. The third-order valence-electron chi connectivity index (χ3n) is 8.46. The lowest BCUT2D eigenvalue weighted by atomic mass is 9.77. The van der Waals surface area contributed by atoms with E-state index in [1.807, 2.05) is 30.6 Å². The van der Waals surface area contributed by atoms with Crippen LogP contribution in [-0.2, 0) is 10.3 Å². The molecule has 7 heteroatoms. The van der Waals surface area contributed by atoms with Crippen LogP contribution in [0.2, 0.25) is 0 Å². The Kier molecular flexibility index (Phi) is 6.98. The Morgan fingerprint density at radius 3 is 2.02 bits per heavy atom. The number of benzene rings is 3. The third-order valence-corrected chi connectivity index (χ3v) is 8.46. The third kappa shape index (κ3) is 4.31. The Morgan fingerprint density at radius 2 is 1.45 bits per heavy atom. The van der Waals surface area contributed by atoms with Crippen molar-refractivity contribution in [1.29, 1.82) is 0 Å². The van der Waals surface area contributed by atoms with E-state index in [4.69, 9.17) is 19.4 Å². The lowest BCUT2D eigenvalue weighted by Gasteiger charge is -2.37. The fourth-order valence-electron chi connectivity index (χ4n) is 6.05. The van der Waals surface area contributed by atoms with Crippen molar-refractivity contribution in [3.05, 3.63) is 114 Å². The molecule has 0 saturated carbocycles. The van der Waals surface area contributed by atoms with Crippen LogP contribution in [0.3, 0.4) is 0 Å². The lowest BCUT2D eigenvalue weighted by molar-refractivity contribution is -0.0120. The van der Waals surface area contributed by atoms with E-state index >= 15 is 0 Å². The fraction of sp³-hybridized carbons (Fsp3) is 0.303. The van der Waals surface area contributed by atoms with Crippen LogP contribution in [0.1, 0.15) is 50.1 Å². The molecule has 2 aromatic heterocycles. The smallest absolute Gasteiger partial charge is 0.167 e. The van der Waals surface area contributed by atoms with E-state index in [1.54, 1.807) is 13.4 Å². The molecule has 0 aliphatic carbocycles. The van der Waals surface area contributed by atoms with Gasteiger partial charge >= 0.3 is 0 Å². The van der Waals surface area contributed by atoms with Crippen LogP contribution in [0, 0.1) is 11.8 Å². The second-order valence-corrected chi connectivity index (χ2v) is 10.6. The minimum atomic E-state index is -0.765. The quantitative estimate of drug-likeness (QED) is 0.221. The normalized spacial score (nSPS) is 21.0. The molecule has 0 radical (unpaired) electrons. The predicted molar refractivity (Wildman–Crippen MR) is 157 cm³/mol. The molecule has 5 aromatic rings. The molecule has 1 fully saturated rings. The second-order valence-electron chi connectivity index (χ2n) is 10.6. The van der Waals surface area contributed by atoms with E-state index in [0.717, 1.165) is 34.5 Å². The van der Waals surface area contributed by atoms with Crippen molar-refractivity contribution >= 4 is 17.0 Å². The van der Waals surface area contributed by atoms with Gasteiger partial charge in [-0.25, -0.2) is 15.0 Å². The molecule has 1 saturated heterocycles. The van der Waals surface area contributed by atoms with Gasteiger partial charge in [-0.3, -0.25) is 4.57 Å². The van der Waals surface area contributed by atoms with Crippen molar-refractivity contribution in [3.63, 3.8) is 0 Å². The molecule has 2 unspecified atom stereocenters. The standard InChI is InChI=1S/C33H35N5O2/c1-5-28-22(2)23(3)32(40-28)38-21-36-29-30(34-20-35-31(29)38)37-33(24-12-8-6-9-13-24,25-14-10-7-11-15-25)26-16-18-27(39-4)19-17-26/h6-23,28,32H,5H2,1-4H3,(H,34,35,37)/t22?,23?,28-,32-/m1/s1. The van der Waals surface area contributed by atoms with Gasteiger partial charge in [-0.1, -0.05) is 93.6 Å². The summed E-state index contributed by atoms with van der Waals surface area (Å²) in [6.07, 6.45) is 4.53. The number of ether oxygens (including phenoxy) is 2. The number of nitrogens with one attached hydrogen (secondary N) is 1. The molecule has 0 amide bonds. The molecular formula is C33H35N5O2. The SMILES string of the molecule is CC[C@H]1O[C@@H](n2cnc3c(NC(c4ccccc4)(c4ccccc4)c4ccc(OC)cc4)ncnc32)C(C)C1C. The van der Waals surface area contributed by atoms with Gasteiger partial charge in [0.2, 0.25) is 0 Å². The van der Waals surface area contributed by atoms with Gasteiger partial charge in [0.05, 0.1) is 19.5 Å². The van der Waals surface area contributed by atoms with Crippen molar-refractivity contribution < 1.29 is 9.47 Å². The Balaban J connectivity index is 1.52. The van der Waals surface area contributed by atoms with Crippen LogP contribution in [0.5, 0.6) is 5.75 Å². The van der Waals surface area contributed by atoms with Crippen molar-refractivity contribution in [2.45, 2.75) is 45.1 Å². The Morgan fingerprint density at radius 1 is 0.825 bits per heavy atom. The summed E-state index contributed by atoms with van der Waals surface area (Å²) in [7, 11) is 1.68. The first-order chi connectivity index (χ1) is 19.6. The number of hydrogen-bond acceptors (Lipinski definition) is 6. The Bertz CT molecular complexity index is 1530. The van der Waals surface area contributed by atoms with Gasteiger partial charge in [-0.2, -0.15) is 0 Å². The summed E-state index contributed by atoms with van der Waals surface area (Å²) in [4.78, 5) is 14.3. The van der Waals surface area contributed by atoms with Gasteiger partial charge in [0.15, 0.2) is 17.0 Å². The molecule has 0 bridgehead atoms. The molecule has 1 aliphatic heterocycles. The van der Waals surface area contributed by atoms with Crippen molar-refractivity contribution in [3.8, 4) is 5.75 Å². The number of aromatic nitrogens is 4. The Hall–Kier alpha value is -4.23. The summed E-state index contributed by atoms with van der Waals surface area (Å²) in [6, 6.07) is 29.1. The monoisotopic (exact) mass is 533 g/mol. The highest BCUT2D eigenvalue weighted by molar-refractivity contribution is 5.84. The van der Waals surface area contributed by atoms with Gasteiger partial charge < -0.3 is 14.8 Å². The van der Waals surface area contributed by atoms with Crippen molar-refractivity contribution in [1.82, 2.24) is 19.5 Å². The van der Waals surface area contributed by atoms with E-state index in [0.29, 0.717) is 23.2 Å². The highest BCUT2D eigenvalue weighted by Gasteiger charge is 2.41. The summed E-state index contributed by atoms with van der Waals surface area (Å²) in [5, 5.41) is 3.86. The number of rotatable bonds is 8. The maximum Gasteiger partial charge on any atom is 0.167 e. The topological polar surface area (TPSA) is 74.1 Å². The molecular weight excluding hydrogens is 498 g/mol. The van der Waals surface area contributed by atoms with Crippen LogP contribution in [-0.4, -0.2) is 32.7 Å². The number of imidazole rings is 1. The average molecular weight is 534 g/mol. The first-order valence-electron chi connectivity index (χ1n) is 13.9.